The van der Waals surface area contributed by atoms with Crippen molar-refractivity contribution in [1.29, 1.82) is 0 Å². The molecule has 3 atom stereocenters. The van der Waals surface area contributed by atoms with Crippen LogP contribution >= 0.6 is 0 Å². The van der Waals surface area contributed by atoms with E-state index in [0.717, 1.165) is 30.1 Å². The third-order valence-electron chi connectivity index (χ3n) is 3.73. The highest BCUT2D eigenvalue weighted by molar-refractivity contribution is 5.80. The summed E-state index contributed by atoms with van der Waals surface area (Å²) in [6.45, 7) is 9.52. The van der Waals surface area contributed by atoms with Gasteiger partial charge in [0.25, 0.3) is 0 Å². The molecule has 18 heavy (non-hydrogen) atoms. The number of aromatic nitrogens is 1. The molecular weight excluding hydrogens is 230 g/mol. The first-order valence-electron chi connectivity index (χ1n) is 6.44. The van der Waals surface area contributed by atoms with E-state index in [1.54, 1.807) is 0 Å². The van der Waals surface area contributed by atoms with Crippen molar-refractivity contribution in [3.8, 4) is 0 Å². The smallest absolute Gasteiger partial charge is 0.225 e. The molecule has 0 aromatic carbocycles. The van der Waals surface area contributed by atoms with Gasteiger partial charge < -0.3 is 15.2 Å². The standard InChI is InChI=1S/C13H21N3O2/c1-7-5-14-6-11(7)13(17)15-8(2)12-9(3)16-18-10(12)4/h7-8,11,14H,5-6H2,1-4H3,(H,15,17)/t7-,8?,11-/m1/s1. The van der Waals surface area contributed by atoms with Crippen molar-refractivity contribution in [3.63, 3.8) is 0 Å². The molecule has 2 N–H and O–H groups in total. The van der Waals surface area contributed by atoms with Crippen LogP contribution in [0.1, 0.15) is 36.9 Å². The number of amides is 1. The van der Waals surface area contributed by atoms with Gasteiger partial charge in [0.05, 0.1) is 17.7 Å². The maximum absolute atomic E-state index is 12.2. The number of hydrogen-bond acceptors (Lipinski definition) is 4. The Morgan fingerprint density at radius 2 is 2.22 bits per heavy atom. The van der Waals surface area contributed by atoms with E-state index < -0.39 is 0 Å². The quantitative estimate of drug-likeness (QED) is 0.850. The van der Waals surface area contributed by atoms with Crippen molar-refractivity contribution >= 4 is 5.91 Å². The van der Waals surface area contributed by atoms with Gasteiger partial charge in [-0.05, 0) is 33.2 Å². The summed E-state index contributed by atoms with van der Waals surface area (Å²) in [6.07, 6.45) is 0. The van der Waals surface area contributed by atoms with Gasteiger partial charge >= 0.3 is 0 Å². The summed E-state index contributed by atoms with van der Waals surface area (Å²) in [5, 5.41) is 10.2. The first kappa shape index (κ1) is 13.1. The van der Waals surface area contributed by atoms with Crippen LogP contribution in [-0.4, -0.2) is 24.2 Å². The van der Waals surface area contributed by atoms with Crippen molar-refractivity contribution in [2.45, 2.75) is 33.7 Å². The second kappa shape index (κ2) is 5.10. The molecule has 1 aromatic rings. The molecule has 2 rings (SSSR count). The van der Waals surface area contributed by atoms with E-state index in [2.05, 4.69) is 22.7 Å². The zero-order valence-electron chi connectivity index (χ0n) is 11.4. The van der Waals surface area contributed by atoms with E-state index in [-0.39, 0.29) is 17.9 Å². The number of nitrogens with one attached hydrogen (secondary N) is 2. The minimum absolute atomic E-state index is 0.0588. The van der Waals surface area contributed by atoms with Crippen LogP contribution in [0.5, 0.6) is 0 Å². The van der Waals surface area contributed by atoms with Crippen LogP contribution in [0.25, 0.3) is 0 Å². The predicted octanol–water partition coefficient (Wildman–Crippen LogP) is 1.32. The SMILES string of the molecule is Cc1noc(C)c1C(C)NC(=O)[C@@H]1CNC[C@H]1C. The fourth-order valence-corrected chi connectivity index (χ4v) is 2.66. The molecule has 1 saturated heterocycles. The Morgan fingerprint density at radius 1 is 1.50 bits per heavy atom. The average Bonchev–Trinajstić information content (AvgIpc) is 2.85. The van der Waals surface area contributed by atoms with Crippen molar-refractivity contribution in [2.24, 2.45) is 11.8 Å². The summed E-state index contributed by atoms with van der Waals surface area (Å²) in [4.78, 5) is 12.2. The zero-order chi connectivity index (χ0) is 13.3. The van der Waals surface area contributed by atoms with Gasteiger partial charge in [0.2, 0.25) is 5.91 Å². The molecule has 1 amide bonds. The van der Waals surface area contributed by atoms with Gasteiger partial charge in [0.1, 0.15) is 5.76 Å². The molecule has 1 aromatic heterocycles. The third-order valence-corrected chi connectivity index (χ3v) is 3.73. The normalized spacial score (nSPS) is 25.1. The highest BCUT2D eigenvalue weighted by atomic mass is 16.5. The van der Waals surface area contributed by atoms with E-state index >= 15 is 0 Å². The minimum atomic E-state index is -0.0588. The van der Waals surface area contributed by atoms with Crippen molar-refractivity contribution in [3.05, 3.63) is 17.0 Å². The topological polar surface area (TPSA) is 67.2 Å². The molecule has 5 nitrogen and oxygen atoms in total. The number of nitrogens with zero attached hydrogens (tertiary/aromatic N) is 1. The number of carbonyl (C=O) groups is 1. The van der Waals surface area contributed by atoms with Crippen molar-refractivity contribution in [2.75, 3.05) is 13.1 Å². The zero-order valence-corrected chi connectivity index (χ0v) is 11.4. The minimum Gasteiger partial charge on any atom is -0.361 e. The van der Waals surface area contributed by atoms with E-state index in [1.807, 2.05) is 20.8 Å². The summed E-state index contributed by atoms with van der Waals surface area (Å²) in [7, 11) is 0. The van der Waals surface area contributed by atoms with Gasteiger partial charge in [-0.15, -0.1) is 0 Å². The molecule has 100 valence electrons. The van der Waals surface area contributed by atoms with Crippen LogP contribution in [0.3, 0.4) is 0 Å². The monoisotopic (exact) mass is 251 g/mol. The van der Waals surface area contributed by atoms with Crippen LogP contribution in [0.2, 0.25) is 0 Å². The maximum Gasteiger partial charge on any atom is 0.225 e. The molecule has 0 radical (unpaired) electrons. The summed E-state index contributed by atoms with van der Waals surface area (Å²) >= 11 is 0. The molecule has 2 heterocycles. The summed E-state index contributed by atoms with van der Waals surface area (Å²) < 4.78 is 5.13. The van der Waals surface area contributed by atoms with Crippen LogP contribution in [0, 0.1) is 25.7 Å². The van der Waals surface area contributed by atoms with Crippen molar-refractivity contribution in [1.82, 2.24) is 15.8 Å². The van der Waals surface area contributed by atoms with Gasteiger partial charge in [-0.3, -0.25) is 4.79 Å². The number of aryl methyl sites for hydroxylation is 2. The van der Waals surface area contributed by atoms with Crippen LogP contribution in [0.15, 0.2) is 4.52 Å². The second-order valence-corrected chi connectivity index (χ2v) is 5.21. The predicted molar refractivity (Wildman–Crippen MR) is 68.1 cm³/mol. The Bertz CT molecular complexity index is 422. The van der Waals surface area contributed by atoms with Gasteiger partial charge in [0, 0.05) is 12.1 Å². The summed E-state index contributed by atoms with van der Waals surface area (Å²) in [5.74, 6) is 1.34. The van der Waals surface area contributed by atoms with E-state index in [0.29, 0.717) is 5.92 Å². The lowest BCUT2D eigenvalue weighted by Crippen LogP contribution is -2.36. The lowest BCUT2D eigenvalue weighted by atomic mass is 9.96. The first-order chi connectivity index (χ1) is 8.50. The molecule has 0 aliphatic carbocycles. The Morgan fingerprint density at radius 3 is 2.72 bits per heavy atom. The molecule has 0 saturated carbocycles. The number of rotatable bonds is 3. The molecule has 1 fully saturated rings. The molecule has 5 heteroatoms. The molecule has 1 unspecified atom stereocenters. The van der Waals surface area contributed by atoms with E-state index in [4.69, 9.17) is 4.52 Å². The molecule has 0 spiro atoms. The van der Waals surface area contributed by atoms with E-state index in [1.165, 1.54) is 0 Å². The highest BCUT2D eigenvalue weighted by Crippen LogP contribution is 2.23. The third kappa shape index (κ3) is 2.41. The summed E-state index contributed by atoms with van der Waals surface area (Å²) in [5.41, 5.74) is 1.83. The molecular formula is C13H21N3O2. The fraction of sp³-hybridized carbons (Fsp3) is 0.692. The fourth-order valence-electron chi connectivity index (χ4n) is 2.66. The Kier molecular flexibility index (Phi) is 3.71. The molecule has 1 aliphatic heterocycles. The van der Waals surface area contributed by atoms with Gasteiger partial charge in [-0.2, -0.15) is 0 Å². The first-order valence-corrected chi connectivity index (χ1v) is 6.44. The Balaban J connectivity index is 2.03. The van der Waals surface area contributed by atoms with Crippen molar-refractivity contribution < 1.29 is 9.32 Å². The lowest BCUT2D eigenvalue weighted by molar-refractivity contribution is -0.126. The van der Waals surface area contributed by atoms with Crippen LogP contribution in [0.4, 0.5) is 0 Å². The van der Waals surface area contributed by atoms with E-state index in [9.17, 15) is 4.79 Å². The largest absolute Gasteiger partial charge is 0.361 e. The lowest BCUT2D eigenvalue weighted by Gasteiger charge is -2.19. The number of carbonyl (C=O) groups excluding carboxylic acids is 1. The highest BCUT2D eigenvalue weighted by Gasteiger charge is 2.31. The Hall–Kier alpha value is -1.36. The number of hydrogen-bond donors (Lipinski definition) is 2. The van der Waals surface area contributed by atoms with Gasteiger partial charge in [-0.25, -0.2) is 0 Å². The second-order valence-electron chi connectivity index (χ2n) is 5.21. The van der Waals surface area contributed by atoms with Gasteiger partial charge in [-0.1, -0.05) is 12.1 Å². The summed E-state index contributed by atoms with van der Waals surface area (Å²) in [6, 6.07) is -0.0588. The van der Waals surface area contributed by atoms with Crippen LogP contribution < -0.4 is 10.6 Å². The van der Waals surface area contributed by atoms with Crippen LogP contribution in [-0.2, 0) is 4.79 Å². The maximum atomic E-state index is 12.2. The Labute approximate surface area is 107 Å². The van der Waals surface area contributed by atoms with Gasteiger partial charge in [0.15, 0.2) is 0 Å². The molecule has 1 aliphatic rings. The average molecular weight is 251 g/mol. The molecule has 0 bridgehead atoms.